The Bertz CT molecular complexity index is 560. The number of hydrogen-bond acceptors (Lipinski definition) is 2. The molecule has 0 heterocycles. The molecule has 2 aromatic carbocycles. The molecular formula is C14H12F3NO. The molecule has 0 aliphatic heterocycles. The van der Waals surface area contributed by atoms with Gasteiger partial charge in [-0.05, 0) is 23.8 Å². The zero-order valence-electron chi connectivity index (χ0n) is 9.89. The van der Waals surface area contributed by atoms with Crippen LogP contribution >= 0.6 is 0 Å². The summed E-state index contributed by atoms with van der Waals surface area (Å²) in [5.74, 6) is -0.436. The molecule has 2 rings (SSSR count). The highest BCUT2D eigenvalue weighted by atomic mass is 19.3. The van der Waals surface area contributed by atoms with Crippen molar-refractivity contribution in [1.29, 1.82) is 0 Å². The van der Waals surface area contributed by atoms with Crippen LogP contribution in [0, 0.1) is 5.82 Å². The second-order valence-electron chi connectivity index (χ2n) is 3.95. The van der Waals surface area contributed by atoms with Gasteiger partial charge in [0.1, 0.15) is 11.6 Å². The Kier molecular flexibility index (Phi) is 4.06. The third-order valence-corrected chi connectivity index (χ3v) is 2.68. The Morgan fingerprint density at radius 2 is 1.74 bits per heavy atom. The van der Waals surface area contributed by atoms with Gasteiger partial charge in [-0.2, -0.15) is 8.78 Å². The van der Waals surface area contributed by atoms with Gasteiger partial charge in [0.25, 0.3) is 0 Å². The van der Waals surface area contributed by atoms with E-state index < -0.39 is 18.5 Å². The number of rotatable bonds is 4. The summed E-state index contributed by atoms with van der Waals surface area (Å²) in [5, 5.41) is 0. The van der Waals surface area contributed by atoms with Crippen LogP contribution in [0.5, 0.6) is 5.75 Å². The molecule has 2 nitrogen and oxygen atoms in total. The Morgan fingerprint density at radius 3 is 2.42 bits per heavy atom. The standard InChI is InChI=1S/C14H12F3NO/c15-10-5-3-4-9(8-10)13(18)11-6-1-2-7-12(11)19-14(16)17/h1-8,13-14H,18H2. The summed E-state index contributed by atoms with van der Waals surface area (Å²) in [6.07, 6.45) is 0. The van der Waals surface area contributed by atoms with Crippen LogP contribution in [0.4, 0.5) is 13.2 Å². The van der Waals surface area contributed by atoms with Gasteiger partial charge < -0.3 is 10.5 Å². The first-order valence-corrected chi connectivity index (χ1v) is 5.62. The van der Waals surface area contributed by atoms with E-state index in [9.17, 15) is 13.2 Å². The number of alkyl halides is 2. The van der Waals surface area contributed by atoms with Gasteiger partial charge in [-0.15, -0.1) is 0 Å². The lowest BCUT2D eigenvalue weighted by atomic mass is 9.99. The van der Waals surface area contributed by atoms with E-state index in [2.05, 4.69) is 4.74 Å². The zero-order valence-corrected chi connectivity index (χ0v) is 9.89. The first-order chi connectivity index (χ1) is 9.08. The summed E-state index contributed by atoms with van der Waals surface area (Å²) in [5.41, 5.74) is 6.84. The number of benzene rings is 2. The summed E-state index contributed by atoms with van der Waals surface area (Å²) in [6.45, 7) is -2.93. The van der Waals surface area contributed by atoms with Crippen LogP contribution in [0.2, 0.25) is 0 Å². The van der Waals surface area contributed by atoms with Gasteiger partial charge >= 0.3 is 6.61 Å². The molecular weight excluding hydrogens is 255 g/mol. The average Bonchev–Trinajstić information content (AvgIpc) is 2.38. The van der Waals surface area contributed by atoms with Crippen LogP contribution in [-0.2, 0) is 0 Å². The number of hydrogen-bond donors (Lipinski definition) is 1. The maximum Gasteiger partial charge on any atom is 0.387 e. The summed E-state index contributed by atoms with van der Waals surface area (Å²) < 4.78 is 42.2. The van der Waals surface area contributed by atoms with E-state index in [1.54, 1.807) is 24.3 Å². The first-order valence-electron chi connectivity index (χ1n) is 5.62. The van der Waals surface area contributed by atoms with Crippen molar-refractivity contribution in [2.24, 2.45) is 5.73 Å². The quantitative estimate of drug-likeness (QED) is 0.920. The maximum atomic E-state index is 13.1. The molecule has 2 N–H and O–H groups in total. The average molecular weight is 267 g/mol. The van der Waals surface area contributed by atoms with Crippen molar-refractivity contribution in [3.63, 3.8) is 0 Å². The predicted octanol–water partition coefficient (Wildman–Crippen LogP) is 3.48. The fraction of sp³-hybridized carbons (Fsp3) is 0.143. The molecule has 0 amide bonds. The number of nitrogens with two attached hydrogens (primary N) is 1. The lowest BCUT2D eigenvalue weighted by Crippen LogP contribution is -2.15. The maximum absolute atomic E-state index is 13.1. The van der Waals surface area contributed by atoms with E-state index in [-0.39, 0.29) is 5.75 Å². The van der Waals surface area contributed by atoms with Crippen molar-refractivity contribution < 1.29 is 17.9 Å². The van der Waals surface area contributed by atoms with E-state index in [0.29, 0.717) is 11.1 Å². The number of para-hydroxylation sites is 1. The van der Waals surface area contributed by atoms with Gasteiger partial charge in [-0.25, -0.2) is 4.39 Å². The van der Waals surface area contributed by atoms with Crippen molar-refractivity contribution in [3.05, 3.63) is 65.5 Å². The Balaban J connectivity index is 2.35. The fourth-order valence-electron chi connectivity index (χ4n) is 1.82. The van der Waals surface area contributed by atoms with Crippen molar-refractivity contribution in [2.75, 3.05) is 0 Å². The molecule has 19 heavy (non-hydrogen) atoms. The van der Waals surface area contributed by atoms with E-state index in [0.717, 1.165) is 0 Å². The highest BCUT2D eigenvalue weighted by molar-refractivity contribution is 5.41. The number of halogens is 3. The number of ether oxygens (including phenoxy) is 1. The van der Waals surface area contributed by atoms with E-state index in [4.69, 9.17) is 5.73 Å². The summed E-state index contributed by atoms with van der Waals surface area (Å²) in [6, 6.07) is 11.2. The zero-order chi connectivity index (χ0) is 13.8. The van der Waals surface area contributed by atoms with Gasteiger partial charge in [-0.1, -0.05) is 30.3 Å². The van der Waals surface area contributed by atoms with E-state index >= 15 is 0 Å². The summed E-state index contributed by atoms with van der Waals surface area (Å²) in [4.78, 5) is 0. The van der Waals surface area contributed by atoms with Crippen molar-refractivity contribution in [1.82, 2.24) is 0 Å². The molecule has 1 atom stereocenters. The molecule has 5 heteroatoms. The highest BCUT2D eigenvalue weighted by Crippen LogP contribution is 2.29. The van der Waals surface area contributed by atoms with Crippen LogP contribution in [0.15, 0.2) is 48.5 Å². The molecule has 0 radical (unpaired) electrons. The van der Waals surface area contributed by atoms with Gasteiger partial charge in [0.2, 0.25) is 0 Å². The monoisotopic (exact) mass is 267 g/mol. The van der Waals surface area contributed by atoms with Crippen LogP contribution in [0.25, 0.3) is 0 Å². The molecule has 100 valence electrons. The van der Waals surface area contributed by atoms with Gasteiger partial charge in [0, 0.05) is 5.56 Å². The van der Waals surface area contributed by atoms with Crippen molar-refractivity contribution in [3.8, 4) is 5.75 Å². The molecule has 0 fully saturated rings. The smallest absolute Gasteiger partial charge is 0.387 e. The van der Waals surface area contributed by atoms with Crippen molar-refractivity contribution >= 4 is 0 Å². The van der Waals surface area contributed by atoms with Crippen LogP contribution in [0.1, 0.15) is 17.2 Å². The lowest BCUT2D eigenvalue weighted by molar-refractivity contribution is -0.0505. The summed E-state index contributed by atoms with van der Waals surface area (Å²) >= 11 is 0. The minimum atomic E-state index is -2.93. The minimum Gasteiger partial charge on any atom is -0.434 e. The summed E-state index contributed by atoms with van der Waals surface area (Å²) in [7, 11) is 0. The predicted molar refractivity (Wildman–Crippen MR) is 65.5 cm³/mol. The Morgan fingerprint density at radius 1 is 1.00 bits per heavy atom. The van der Waals surface area contributed by atoms with Gasteiger partial charge in [0.05, 0.1) is 6.04 Å². The van der Waals surface area contributed by atoms with Crippen LogP contribution in [-0.4, -0.2) is 6.61 Å². The third kappa shape index (κ3) is 3.26. The van der Waals surface area contributed by atoms with E-state index in [1.807, 2.05) is 0 Å². The molecule has 2 aromatic rings. The van der Waals surface area contributed by atoms with Crippen LogP contribution < -0.4 is 10.5 Å². The molecule has 0 bridgehead atoms. The lowest BCUT2D eigenvalue weighted by Gasteiger charge is -2.17. The normalized spacial score (nSPS) is 12.5. The van der Waals surface area contributed by atoms with Crippen LogP contribution in [0.3, 0.4) is 0 Å². The molecule has 0 saturated heterocycles. The molecule has 1 unspecified atom stereocenters. The molecule has 0 aliphatic carbocycles. The molecule has 0 spiro atoms. The van der Waals surface area contributed by atoms with Crippen molar-refractivity contribution in [2.45, 2.75) is 12.7 Å². The minimum absolute atomic E-state index is 0.00531. The Hall–Kier alpha value is -2.01. The largest absolute Gasteiger partial charge is 0.434 e. The SMILES string of the molecule is NC(c1cccc(F)c1)c1ccccc1OC(F)F. The van der Waals surface area contributed by atoms with Gasteiger partial charge in [-0.3, -0.25) is 0 Å². The Labute approximate surface area is 108 Å². The second-order valence-corrected chi connectivity index (χ2v) is 3.95. The third-order valence-electron chi connectivity index (χ3n) is 2.68. The topological polar surface area (TPSA) is 35.2 Å². The highest BCUT2D eigenvalue weighted by Gasteiger charge is 2.16. The van der Waals surface area contributed by atoms with Gasteiger partial charge in [0.15, 0.2) is 0 Å². The fourth-order valence-corrected chi connectivity index (χ4v) is 1.82. The molecule has 0 saturated carbocycles. The molecule has 0 aliphatic rings. The molecule has 0 aromatic heterocycles. The second kappa shape index (κ2) is 5.75. The van der Waals surface area contributed by atoms with E-state index in [1.165, 1.54) is 24.3 Å². The first kappa shape index (κ1) is 13.4.